The summed E-state index contributed by atoms with van der Waals surface area (Å²) in [5.74, 6) is 0.846. The van der Waals surface area contributed by atoms with Crippen molar-refractivity contribution in [2.24, 2.45) is 4.99 Å². The van der Waals surface area contributed by atoms with Crippen LogP contribution in [0.5, 0.6) is 0 Å². The number of aryl methyl sites for hydroxylation is 3. The molecule has 0 bridgehead atoms. The molecule has 0 aliphatic carbocycles. The molecule has 26 heavy (non-hydrogen) atoms. The number of aromatic amines is 1. The molecule has 2 aromatic heterocycles. The minimum atomic E-state index is 0.846. The highest BCUT2D eigenvalue weighted by Crippen LogP contribution is 2.17. The number of benzene rings is 1. The van der Waals surface area contributed by atoms with Crippen molar-refractivity contribution < 1.29 is 0 Å². The third kappa shape index (κ3) is 4.45. The first-order chi connectivity index (χ1) is 12.7. The molecular formula is C20H28N6. The van der Waals surface area contributed by atoms with Gasteiger partial charge in [0.15, 0.2) is 5.96 Å². The molecule has 6 nitrogen and oxygen atoms in total. The number of guanidine groups is 1. The van der Waals surface area contributed by atoms with Crippen LogP contribution in [0.4, 0.5) is 0 Å². The van der Waals surface area contributed by atoms with Crippen molar-refractivity contribution in [3.05, 3.63) is 53.5 Å². The van der Waals surface area contributed by atoms with Gasteiger partial charge in [-0.3, -0.25) is 9.67 Å². The lowest BCUT2D eigenvalue weighted by Gasteiger charge is -2.12. The molecular weight excluding hydrogens is 324 g/mol. The second kappa shape index (κ2) is 8.56. The van der Waals surface area contributed by atoms with E-state index in [1.807, 2.05) is 14.0 Å². The first-order valence-electron chi connectivity index (χ1n) is 9.18. The Bertz CT molecular complexity index is 873. The van der Waals surface area contributed by atoms with Crippen LogP contribution in [0.25, 0.3) is 10.9 Å². The number of aliphatic imine (C=N–C) groups is 1. The van der Waals surface area contributed by atoms with Crippen LogP contribution in [0.2, 0.25) is 0 Å². The molecule has 0 saturated heterocycles. The number of aromatic nitrogens is 3. The number of nitrogens with one attached hydrogen (secondary N) is 3. The summed E-state index contributed by atoms with van der Waals surface area (Å²) in [5.41, 5.74) is 4.80. The van der Waals surface area contributed by atoms with Gasteiger partial charge in [-0.2, -0.15) is 5.10 Å². The zero-order valence-electron chi connectivity index (χ0n) is 15.8. The minimum absolute atomic E-state index is 0.846. The van der Waals surface area contributed by atoms with E-state index in [0.29, 0.717) is 0 Å². The molecule has 6 heteroatoms. The molecule has 2 heterocycles. The van der Waals surface area contributed by atoms with E-state index in [0.717, 1.165) is 44.1 Å². The zero-order chi connectivity index (χ0) is 18.4. The average Bonchev–Trinajstić information content (AvgIpc) is 3.19. The number of hydrogen-bond donors (Lipinski definition) is 3. The summed E-state index contributed by atoms with van der Waals surface area (Å²) >= 11 is 0. The van der Waals surface area contributed by atoms with Crippen molar-refractivity contribution in [3.8, 4) is 0 Å². The van der Waals surface area contributed by atoms with Gasteiger partial charge in [-0.1, -0.05) is 18.2 Å². The van der Waals surface area contributed by atoms with Crippen LogP contribution in [0.1, 0.15) is 23.4 Å². The summed E-state index contributed by atoms with van der Waals surface area (Å²) in [6, 6.07) is 10.5. The van der Waals surface area contributed by atoms with Crippen LogP contribution in [0, 0.1) is 13.8 Å². The summed E-state index contributed by atoms with van der Waals surface area (Å²) in [7, 11) is 1.81. The highest BCUT2D eigenvalue weighted by molar-refractivity contribution is 5.83. The van der Waals surface area contributed by atoms with Crippen molar-refractivity contribution in [2.75, 3.05) is 20.1 Å². The lowest BCUT2D eigenvalue weighted by atomic mass is 10.1. The normalized spacial score (nSPS) is 11.9. The van der Waals surface area contributed by atoms with Gasteiger partial charge in [-0.05, 0) is 44.4 Å². The van der Waals surface area contributed by atoms with E-state index in [1.165, 1.54) is 22.2 Å². The second-order valence-electron chi connectivity index (χ2n) is 6.54. The molecule has 0 radical (unpaired) electrons. The highest BCUT2D eigenvalue weighted by atomic mass is 15.3. The third-order valence-corrected chi connectivity index (χ3v) is 4.53. The molecule has 0 fully saturated rings. The van der Waals surface area contributed by atoms with Gasteiger partial charge >= 0.3 is 0 Å². The summed E-state index contributed by atoms with van der Waals surface area (Å²) in [4.78, 5) is 7.62. The van der Waals surface area contributed by atoms with Crippen LogP contribution in [-0.4, -0.2) is 40.9 Å². The lowest BCUT2D eigenvalue weighted by Crippen LogP contribution is -2.39. The molecule has 0 unspecified atom stereocenters. The van der Waals surface area contributed by atoms with Crippen LogP contribution in [0.3, 0.4) is 0 Å². The Kier molecular flexibility index (Phi) is 5.94. The highest BCUT2D eigenvalue weighted by Gasteiger charge is 2.04. The fourth-order valence-corrected chi connectivity index (χ4v) is 3.21. The number of rotatable bonds is 7. The molecule has 3 rings (SSSR count). The standard InChI is InChI=1S/C20H28N6/c1-15-13-16(2)26(25-15)12-6-10-22-20(21-3)23-11-9-17-14-24-19-8-5-4-7-18(17)19/h4-5,7-8,13-14,24H,6,9-12H2,1-3H3,(H2,21,22,23). The summed E-state index contributed by atoms with van der Waals surface area (Å²) < 4.78 is 2.06. The zero-order valence-corrected chi connectivity index (χ0v) is 15.8. The molecule has 3 N–H and O–H groups in total. The lowest BCUT2D eigenvalue weighted by molar-refractivity contribution is 0.555. The first kappa shape index (κ1) is 18.0. The van der Waals surface area contributed by atoms with Crippen molar-refractivity contribution >= 4 is 16.9 Å². The van der Waals surface area contributed by atoms with E-state index in [2.05, 4.69) is 73.8 Å². The smallest absolute Gasteiger partial charge is 0.190 e. The van der Waals surface area contributed by atoms with E-state index < -0.39 is 0 Å². The first-order valence-corrected chi connectivity index (χ1v) is 9.18. The van der Waals surface area contributed by atoms with Gasteiger partial charge in [0.25, 0.3) is 0 Å². The quantitative estimate of drug-likeness (QED) is 0.348. The molecule has 0 aliphatic heterocycles. The summed E-state index contributed by atoms with van der Waals surface area (Å²) in [6.45, 7) is 6.75. The van der Waals surface area contributed by atoms with Gasteiger partial charge < -0.3 is 15.6 Å². The van der Waals surface area contributed by atoms with Crippen LogP contribution >= 0.6 is 0 Å². The van der Waals surface area contributed by atoms with Crippen LogP contribution in [-0.2, 0) is 13.0 Å². The number of nitrogens with zero attached hydrogens (tertiary/aromatic N) is 3. The summed E-state index contributed by atoms with van der Waals surface area (Å²) in [6.07, 6.45) is 4.05. The Hall–Kier alpha value is -2.76. The molecule has 0 atom stereocenters. The van der Waals surface area contributed by atoms with Gasteiger partial charge in [0.2, 0.25) is 0 Å². The third-order valence-electron chi connectivity index (χ3n) is 4.53. The van der Waals surface area contributed by atoms with E-state index >= 15 is 0 Å². The summed E-state index contributed by atoms with van der Waals surface area (Å²) in [5, 5.41) is 12.5. The minimum Gasteiger partial charge on any atom is -0.361 e. The van der Waals surface area contributed by atoms with Gasteiger partial charge in [0, 0.05) is 49.5 Å². The van der Waals surface area contributed by atoms with Crippen molar-refractivity contribution in [3.63, 3.8) is 0 Å². The molecule has 0 spiro atoms. The molecule has 138 valence electrons. The fraction of sp³-hybridized carbons (Fsp3) is 0.400. The van der Waals surface area contributed by atoms with Gasteiger partial charge in [-0.25, -0.2) is 0 Å². The number of fused-ring (bicyclic) bond motifs is 1. The molecule has 1 aromatic carbocycles. The maximum Gasteiger partial charge on any atom is 0.190 e. The van der Waals surface area contributed by atoms with E-state index in [-0.39, 0.29) is 0 Å². The van der Waals surface area contributed by atoms with Crippen molar-refractivity contribution in [2.45, 2.75) is 33.2 Å². The number of hydrogen-bond acceptors (Lipinski definition) is 2. The Labute approximate surface area is 154 Å². The van der Waals surface area contributed by atoms with Gasteiger partial charge in [0.05, 0.1) is 5.69 Å². The molecule has 3 aromatic rings. The topological polar surface area (TPSA) is 70.0 Å². The Balaban J connectivity index is 1.40. The largest absolute Gasteiger partial charge is 0.361 e. The number of H-pyrrole nitrogens is 1. The van der Waals surface area contributed by atoms with Crippen LogP contribution in [0.15, 0.2) is 41.5 Å². The van der Waals surface area contributed by atoms with E-state index in [1.54, 1.807) is 0 Å². The maximum atomic E-state index is 4.49. The average molecular weight is 352 g/mol. The Morgan fingerprint density at radius 1 is 1.19 bits per heavy atom. The number of para-hydroxylation sites is 1. The maximum absolute atomic E-state index is 4.49. The van der Waals surface area contributed by atoms with Gasteiger partial charge in [-0.15, -0.1) is 0 Å². The van der Waals surface area contributed by atoms with Gasteiger partial charge in [0.1, 0.15) is 0 Å². The second-order valence-corrected chi connectivity index (χ2v) is 6.54. The molecule has 0 amide bonds. The Morgan fingerprint density at radius 3 is 2.77 bits per heavy atom. The predicted octanol–water partition coefficient (Wildman–Crippen LogP) is 2.78. The Morgan fingerprint density at radius 2 is 2.00 bits per heavy atom. The fourth-order valence-electron chi connectivity index (χ4n) is 3.21. The van der Waals surface area contributed by atoms with Crippen molar-refractivity contribution in [1.82, 2.24) is 25.4 Å². The molecule has 0 saturated carbocycles. The van der Waals surface area contributed by atoms with E-state index in [9.17, 15) is 0 Å². The monoisotopic (exact) mass is 352 g/mol. The van der Waals surface area contributed by atoms with Crippen molar-refractivity contribution in [1.29, 1.82) is 0 Å². The SMILES string of the molecule is CN=C(NCCCn1nc(C)cc1C)NCCc1c[nH]c2ccccc12. The predicted molar refractivity (Wildman–Crippen MR) is 108 cm³/mol. The van der Waals surface area contributed by atoms with Crippen LogP contribution < -0.4 is 10.6 Å². The van der Waals surface area contributed by atoms with E-state index in [4.69, 9.17) is 0 Å². The molecule has 0 aliphatic rings.